The van der Waals surface area contributed by atoms with Gasteiger partial charge in [-0.15, -0.1) is 11.3 Å². The van der Waals surface area contributed by atoms with E-state index in [-0.39, 0.29) is 5.97 Å². The number of anilines is 1. The third kappa shape index (κ3) is 5.53. The van der Waals surface area contributed by atoms with E-state index in [1.165, 1.54) is 17.2 Å². The molecule has 0 saturated heterocycles. The first-order valence-corrected chi connectivity index (χ1v) is 10.5. The molecule has 1 aromatic heterocycles. The number of hydrogen-bond donors (Lipinski definition) is 1. The van der Waals surface area contributed by atoms with Crippen LogP contribution in [0.5, 0.6) is 5.75 Å². The molecule has 0 unspecified atom stereocenters. The molecular weight excluding hydrogens is 418 g/mol. The van der Waals surface area contributed by atoms with Gasteiger partial charge in [0.1, 0.15) is 5.75 Å². The number of benzene rings is 3. The molecule has 0 bridgehead atoms. The summed E-state index contributed by atoms with van der Waals surface area (Å²) in [5.74, 6) is 0.413. The van der Waals surface area contributed by atoms with Gasteiger partial charge in [-0.1, -0.05) is 41.9 Å². The van der Waals surface area contributed by atoms with Crippen molar-refractivity contribution < 1.29 is 14.3 Å². The molecule has 0 spiro atoms. The predicted molar refractivity (Wildman–Crippen MR) is 125 cm³/mol. The topological polar surface area (TPSA) is 47.6 Å². The molecule has 0 saturated carbocycles. The summed E-state index contributed by atoms with van der Waals surface area (Å²) in [5.41, 5.74) is 2.86. The van der Waals surface area contributed by atoms with E-state index in [1.54, 1.807) is 42.7 Å². The molecule has 0 aliphatic carbocycles. The molecule has 4 aromatic rings. The lowest BCUT2D eigenvalue weighted by atomic mass is 10.2. The quantitative estimate of drug-likeness (QED) is 0.354. The molecule has 0 radical (unpaired) electrons. The van der Waals surface area contributed by atoms with Gasteiger partial charge in [-0.25, -0.2) is 4.79 Å². The first kappa shape index (κ1) is 21.7. The van der Waals surface area contributed by atoms with Crippen molar-refractivity contribution in [1.29, 1.82) is 0 Å². The molecule has 0 aliphatic heterocycles. The second-order valence-corrected chi connectivity index (χ2v) is 7.67. The standard InChI is InChI=1S/C16H14ClNOS.C8H8O2/c1-19-15-6-5-11(9-13(15)17)10-18-14-3-2-4-16-12(14)7-8-20-16;1-10-8(9)7-5-3-2-4-6-7/h2-9,18H,10H2,1H3;2-6H,1H3. The van der Waals surface area contributed by atoms with E-state index in [2.05, 4.69) is 39.7 Å². The van der Waals surface area contributed by atoms with Crippen molar-refractivity contribution in [3.05, 3.63) is 94.3 Å². The Balaban J connectivity index is 0.000000216. The summed E-state index contributed by atoms with van der Waals surface area (Å²) in [4.78, 5) is 10.8. The van der Waals surface area contributed by atoms with Gasteiger partial charge in [-0.2, -0.15) is 0 Å². The van der Waals surface area contributed by atoms with Gasteiger partial charge in [0.15, 0.2) is 0 Å². The minimum Gasteiger partial charge on any atom is -0.495 e. The number of carbonyl (C=O) groups is 1. The SMILES string of the molecule is COC(=O)c1ccccc1.COc1ccc(CNc2cccc3sccc23)cc1Cl. The summed E-state index contributed by atoms with van der Waals surface area (Å²) < 4.78 is 11.0. The summed E-state index contributed by atoms with van der Waals surface area (Å²) in [5, 5.41) is 7.47. The molecule has 1 N–H and O–H groups in total. The Morgan fingerprint density at radius 3 is 2.50 bits per heavy atom. The van der Waals surface area contributed by atoms with Crippen LogP contribution < -0.4 is 10.1 Å². The van der Waals surface area contributed by atoms with E-state index < -0.39 is 0 Å². The highest BCUT2D eigenvalue weighted by Crippen LogP contribution is 2.29. The molecular formula is C24H22ClNO3S. The molecule has 3 aromatic carbocycles. The molecule has 6 heteroatoms. The Morgan fingerprint density at radius 2 is 1.80 bits per heavy atom. The molecule has 0 atom stereocenters. The monoisotopic (exact) mass is 439 g/mol. The fourth-order valence-electron chi connectivity index (χ4n) is 2.86. The lowest BCUT2D eigenvalue weighted by Gasteiger charge is -2.09. The number of thiophene rings is 1. The van der Waals surface area contributed by atoms with Gasteiger partial charge in [-0.05, 0) is 53.4 Å². The number of rotatable bonds is 5. The number of carbonyl (C=O) groups excluding carboxylic acids is 1. The number of fused-ring (bicyclic) bond motifs is 1. The average molecular weight is 440 g/mol. The third-order valence-electron chi connectivity index (χ3n) is 4.39. The lowest BCUT2D eigenvalue weighted by Crippen LogP contribution is -1.99. The lowest BCUT2D eigenvalue weighted by molar-refractivity contribution is 0.0600. The summed E-state index contributed by atoms with van der Waals surface area (Å²) in [6, 6.07) is 23.2. The fraction of sp³-hybridized carbons (Fsp3) is 0.125. The van der Waals surface area contributed by atoms with Gasteiger partial charge in [0, 0.05) is 22.3 Å². The van der Waals surface area contributed by atoms with Crippen molar-refractivity contribution >= 4 is 44.7 Å². The smallest absolute Gasteiger partial charge is 0.337 e. The molecule has 0 aliphatic rings. The number of halogens is 1. The maximum absolute atomic E-state index is 10.8. The molecule has 30 heavy (non-hydrogen) atoms. The Labute approximate surface area is 185 Å². The molecule has 4 nitrogen and oxygen atoms in total. The molecule has 0 amide bonds. The van der Waals surface area contributed by atoms with Crippen molar-refractivity contribution in [2.75, 3.05) is 19.5 Å². The zero-order chi connectivity index (χ0) is 21.3. The number of nitrogens with one attached hydrogen (secondary N) is 1. The molecule has 154 valence electrons. The Hall–Kier alpha value is -3.02. The van der Waals surface area contributed by atoms with Gasteiger partial charge < -0.3 is 14.8 Å². The molecule has 1 heterocycles. The van der Waals surface area contributed by atoms with E-state index in [9.17, 15) is 4.79 Å². The molecule has 0 fully saturated rings. The average Bonchev–Trinajstić information content (AvgIpc) is 3.28. The summed E-state index contributed by atoms with van der Waals surface area (Å²) in [6.07, 6.45) is 0. The van der Waals surface area contributed by atoms with Crippen LogP contribution in [0.1, 0.15) is 15.9 Å². The van der Waals surface area contributed by atoms with Crippen LogP contribution in [0.25, 0.3) is 10.1 Å². The first-order chi connectivity index (χ1) is 14.6. The van der Waals surface area contributed by atoms with Gasteiger partial charge in [0.05, 0.1) is 24.8 Å². The number of hydrogen-bond acceptors (Lipinski definition) is 5. The van der Waals surface area contributed by atoms with Crippen LogP contribution in [0.3, 0.4) is 0 Å². The summed E-state index contributed by atoms with van der Waals surface area (Å²) in [6.45, 7) is 0.735. The fourth-order valence-corrected chi connectivity index (χ4v) is 3.95. The summed E-state index contributed by atoms with van der Waals surface area (Å²) >= 11 is 7.89. The van der Waals surface area contributed by atoms with E-state index in [4.69, 9.17) is 16.3 Å². The van der Waals surface area contributed by atoms with Crippen LogP contribution in [0.4, 0.5) is 5.69 Å². The number of methoxy groups -OCH3 is 2. The van der Waals surface area contributed by atoms with Crippen LogP contribution in [0.2, 0.25) is 5.02 Å². The van der Waals surface area contributed by atoms with Gasteiger partial charge in [0.2, 0.25) is 0 Å². The summed E-state index contributed by atoms with van der Waals surface area (Å²) in [7, 11) is 2.99. The van der Waals surface area contributed by atoms with Crippen LogP contribution in [0.15, 0.2) is 78.2 Å². The maximum Gasteiger partial charge on any atom is 0.337 e. The molecule has 4 rings (SSSR count). The van der Waals surface area contributed by atoms with Crippen molar-refractivity contribution in [1.82, 2.24) is 0 Å². The van der Waals surface area contributed by atoms with Gasteiger partial charge >= 0.3 is 5.97 Å². The maximum atomic E-state index is 10.8. The first-order valence-electron chi connectivity index (χ1n) is 9.28. The van der Waals surface area contributed by atoms with Crippen LogP contribution >= 0.6 is 22.9 Å². The largest absolute Gasteiger partial charge is 0.495 e. The third-order valence-corrected chi connectivity index (χ3v) is 5.57. The zero-order valence-corrected chi connectivity index (χ0v) is 18.3. The van der Waals surface area contributed by atoms with Crippen LogP contribution in [-0.2, 0) is 11.3 Å². The highest BCUT2D eigenvalue weighted by Gasteiger charge is 2.04. The van der Waals surface area contributed by atoms with E-state index in [0.29, 0.717) is 16.3 Å². The van der Waals surface area contributed by atoms with Crippen molar-refractivity contribution in [3.8, 4) is 5.75 Å². The van der Waals surface area contributed by atoms with Gasteiger partial charge in [0.25, 0.3) is 0 Å². The van der Waals surface area contributed by atoms with Crippen molar-refractivity contribution in [2.24, 2.45) is 0 Å². The Morgan fingerprint density at radius 1 is 1.00 bits per heavy atom. The minimum absolute atomic E-state index is 0.291. The number of ether oxygens (including phenoxy) is 2. The van der Waals surface area contributed by atoms with Crippen LogP contribution in [0, 0.1) is 0 Å². The Kier molecular flexibility index (Phi) is 7.71. The normalized spacial score (nSPS) is 10.1. The van der Waals surface area contributed by atoms with E-state index in [1.807, 2.05) is 24.3 Å². The van der Waals surface area contributed by atoms with Crippen molar-refractivity contribution in [3.63, 3.8) is 0 Å². The second kappa shape index (κ2) is 10.7. The minimum atomic E-state index is -0.291. The van der Waals surface area contributed by atoms with Gasteiger partial charge in [-0.3, -0.25) is 0 Å². The highest BCUT2D eigenvalue weighted by atomic mass is 35.5. The van der Waals surface area contributed by atoms with E-state index in [0.717, 1.165) is 17.8 Å². The zero-order valence-electron chi connectivity index (χ0n) is 16.7. The van der Waals surface area contributed by atoms with Crippen LogP contribution in [-0.4, -0.2) is 20.2 Å². The predicted octanol–water partition coefficient (Wildman–Crippen LogP) is 6.65. The second-order valence-electron chi connectivity index (χ2n) is 6.32. The van der Waals surface area contributed by atoms with E-state index >= 15 is 0 Å². The Bertz CT molecular complexity index is 1110. The number of esters is 1. The van der Waals surface area contributed by atoms with Crippen molar-refractivity contribution in [2.45, 2.75) is 6.54 Å². The highest BCUT2D eigenvalue weighted by molar-refractivity contribution is 7.17.